The average Bonchev–Trinajstić information content (AvgIpc) is 2.03. The van der Waals surface area contributed by atoms with Crippen LogP contribution in [0.15, 0.2) is 11.8 Å². The Kier molecular flexibility index (Phi) is 3.45. The van der Waals surface area contributed by atoms with E-state index in [4.69, 9.17) is 5.73 Å². The molecular formula is C10H16F3N. The van der Waals surface area contributed by atoms with Gasteiger partial charge in [-0.15, -0.1) is 0 Å². The number of rotatable bonds is 0. The molecule has 1 rings (SSSR count). The number of hydrogen-bond acceptors (Lipinski definition) is 1. The number of alkyl halides is 3. The van der Waals surface area contributed by atoms with Crippen molar-refractivity contribution in [1.82, 2.24) is 0 Å². The predicted octanol–water partition coefficient (Wildman–Crippen LogP) is 3.22. The molecule has 0 fully saturated rings. The molecule has 1 nitrogen and oxygen atoms in total. The van der Waals surface area contributed by atoms with Gasteiger partial charge in [-0.25, -0.2) is 0 Å². The lowest BCUT2D eigenvalue weighted by molar-refractivity contribution is -0.189. The quantitative estimate of drug-likeness (QED) is 0.648. The van der Waals surface area contributed by atoms with E-state index in [-0.39, 0.29) is 12.3 Å². The van der Waals surface area contributed by atoms with Gasteiger partial charge in [0, 0.05) is 5.70 Å². The van der Waals surface area contributed by atoms with E-state index in [0.29, 0.717) is 19.3 Å². The Balaban J connectivity index is 2.70. The van der Waals surface area contributed by atoms with Gasteiger partial charge < -0.3 is 5.73 Å². The smallest absolute Gasteiger partial charge is 0.392 e. The Morgan fingerprint density at radius 1 is 1.43 bits per heavy atom. The van der Waals surface area contributed by atoms with Crippen molar-refractivity contribution in [3.8, 4) is 0 Å². The van der Waals surface area contributed by atoms with Gasteiger partial charge in [-0.1, -0.05) is 13.0 Å². The van der Waals surface area contributed by atoms with Crippen molar-refractivity contribution < 1.29 is 13.2 Å². The lowest BCUT2D eigenvalue weighted by Gasteiger charge is -2.27. The molecule has 4 heteroatoms. The van der Waals surface area contributed by atoms with Crippen molar-refractivity contribution >= 4 is 0 Å². The summed E-state index contributed by atoms with van der Waals surface area (Å²) in [6.07, 6.45) is -0.534. The van der Waals surface area contributed by atoms with Gasteiger partial charge in [0.25, 0.3) is 0 Å². The van der Waals surface area contributed by atoms with E-state index >= 15 is 0 Å². The summed E-state index contributed by atoms with van der Waals surface area (Å²) < 4.78 is 37.7. The highest BCUT2D eigenvalue weighted by atomic mass is 19.4. The van der Waals surface area contributed by atoms with Crippen LogP contribution in [-0.4, -0.2) is 6.18 Å². The van der Waals surface area contributed by atoms with Crippen molar-refractivity contribution in [3.05, 3.63) is 11.8 Å². The third-order valence-electron chi connectivity index (χ3n) is 2.84. The predicted molar refractivity (Wildman–Crippen MR) is 49.4 cm³/mol. The summed E-state index contributed by atoms with van der Waals surface area (Å²) in [5.74, 6) is -1.51. The first kappa shape index (κ1) is 11.4. The van der Waals surface area contributed by atoms with Crippen molar-refractivity contribution in [2.24, 2.45) is 17.6 Å². The van der Waals surface area contributed by atoms with E-state index in [1.54, 1.807) is 13.0 Å². The fourth-order valence-corrected chi connectivity index (χ4v) is 1.90. The third kappa shape index (κ3) is 2.93. The lowest BCUT2D eigenvalue weighted by Crippen LogP contribution is -2.29. The van der Waals surface area contributed by atoms with Crippen molar-refractivity contribution in [1.29, 1.82) is 0 Å². The second-order valence-electron chi connectivity index (χ2n) is 4.03. The maximum Gasteiger partial charge on any atom is 0.392 e. The normalized spacial score (nSPS) is 34.1. The Morgan fingerprint density at radius 3 is 2.64 bits per heavy atom. The fourth-order valence-electron chi connectivity index (χ4n) is 1.90. The summed E-state index contributed by atoms with van der Waals surface area (Å²) in [4.78, 5) is 0. The minimum atomic E-state index is -4.06. The summed E-state index contributed by atoms with van der Waals surface area (Å²) >= 11 is 0. The summed E-state index contributed by atoms with van der Waals surface area (Å²) in [7, 11) is 0. The van der Waals surface area contributed by atoms with Crippen LogP contribution in [0.5, 0.6) is 0 Å². The molecule has 0 heterocycles. The molecule has 0 amide bonds. The first-order chi connectivity index (χ1) is 6.41. The third-order valence-corrected chi connectivity index (χ3v) is 2.84. The highest BCUT2D eigenvalue weighted by molar-refractivity contribution is 4.99. The average molecular weight is 207 g/mol. The molecule has 0 spiro atoms. The van der Waals surface area contributed by atoms with Crippen LogP contribution in [0.4, 0.5) is 13.2 Å². The topological polar surface area (TPSA) is 26.0 Å². The van der Waals surface area contributed by atoms with E-state index in [9.17, 15) is 13.2 Å². The number of allylic oxidation sites excluding steroid dienone is 2. The number of nitrogens with two attached hydrogens (primary N) is 1. The van der Waals surface area contributed by atoms with Crippen LogP contribution in [0.25, 0.3) is 0 Å². The molecule has 0 radical (unpaired) electrons. The molecule has 0 aromatic carbocycles. The van der Waals surface area contributed by atoms with Crippen LogP contribution < -0.4 is 5.73 Å². The molecule has 0 aliphatic heterocycles. The van der Waals surface area contributed by atoms with Crippen LogP contribution in [0.2, 0.25) is 0 Å². The van der Waals surface area contributed by atoms with Gasteiger partial charge in [0.1, 0.15) is 0 Å². The van der Waals surface area contributed by atoms with Crippen LogP contribution in [0.3, 0.4) is 0 Å². The van der Waals surface area contributed by atoms with E-state index in [0.717, 1.165) is 5.70 Å². The first-order valence-corrected chi connectivity index (χ1v) is 4.92. The zero-order valence-corrected chi connectivity index (χ0v) is 8.27. The summed E-state index contributed by atoms with van der Waals surface area (Å²) in [6.45, 7) is 1.65. The van der Waals surface area contributed by atoms with Gasteiger partial charge in [-0.3, -0.25) is 0 Å². The molecule has 2 atom stereocenters. The highest BCUT2D eigenvalue weighted by Gasteiger charge is 2.42. The Bertz CT molecular complexity index is 220. The van der Waals surface area contributed by atoms with Gasteiger partial charge >= 0.3 is 6.18 Å². The SMILES string of the molecule is CC1C/C=C(/N)CCC[C@@H]1C(F)(F)F. The molecule has 0 aromatic heterocycles. The van der Waals surface area contributed by atoms with Crippen molar-refractivity contribution in [2.75, 3.05) is 0 Å². The molecular weight excluding hydrogens is 191 g/mol. The maximum atomic E-state index is 12.6. The first-order valence-electron chi connectivity index (χ1n) is 4.92. The zero-order chi connectivity index (χ0) is 10.8. The van der Waals surface area contributed by atoms with Gasteiger partial charge in [-0.2, -0.15) is 13.2 Å². The summed E-state index contributed by atoms with van der Waals surface area (Å²) in [5, 5.41) is 0. The molecule has 1 aliphatic carbocycles. The molecule has 0 bridgehead atoms. The molecule has 2 N–H and O–H groups in total. The molecule has 0 aromatic rings. The van der Waals surface area contributed by atoms with Crippen molar-refractivity contribution in [3.63, 3.8) is 0 Å². The Morgan fingerprint density at radius 2 is 2.07 bits per heavy atom. The molecule has 0 saturated carbocycles. The van der Waals surface area contributed by atoms with Crippen LogP contribution >= 0.6 is 0 Å². The molecule has 1 aliphatic rings. The summed E-state index contributed by atoms with van der Waals surface area (Å²) in [5.41, 5.74) is 6.33. The number of hydrogen-bond donors (Lipinski definition) is 1. The Labute approximate surface area is 82.2 Å². The molecule has 1 unspecified atom stereocenters. The largest absolute Gasteiger partial charge is 0.402 e. The second kappa shape index (κ2) is 4.24. The van der Waals surface area contributed by atoms with Crippen LogP contribution in [0, 0.1) is 11.8 Å². The van der Waals surface area contributed by atoms with E-state index in [2.05, 4.69) is 0 Å². The van der Waals surface area contributed by atoms with Crippen LogP contribution in [-0.2, 0) is 0 Å². The van der Waals surface area contributed by atoms with E-state index in [1.165, 1.54) is 0 Å². The van der Waals surface area contributed by atoms with Gasteiger partial charge in [0.05, 0.1) is 5.92 Å². The maximum absolute atomic E-state index is 12.6. The molecule has 82 valence electrons. The Hall–Kier alpha value is -0.670. The van der Waals surface area contributed by atoms with Gasteiger partial charge in [0.2, 0.25) is 0 Å². The van der Waals surface area contributed by atoms with Gasteiger partial charge in [-0.05, 0) is 31.6 Å². The van der Waals surface area contributed by atoms with Gasteiger partial charge in [0.15, 0.2) is 0 Å². The minimum Gasteiger partial charge on any atom is -0.402 e. The minimum absolute atomic E-state index is 0.208. The van der Waals surface area contributed by atoms with Crippen molar-refractivity contribution in [2.45, 2.75) is 38.8 Å². The monoisotopic (exact) mass is 207 g/mol. The molecule has 14 heavy (non-hydrogen) atoms. The highest BCUT2D eigenvalue weighted by Crippen LogP contribution is 2.38. The van der Waals surface area contributed by atoms with Crippen LogP contribution in [0.1, 0.15) is 32.6 Å². The van der Waals surface area contributed by atoms with E-state index in [1.807, 2.05) is 0 Å². The summed E-state index contributed by atoms with van der Waals surface area (Å²) in [6, 6.07) is 0. The number of halogens is 3. The fraction of sp³-hybridized carbons (Fsp3) is 0.800. The zero-order valence-electron chi connectivity index (χ0n) is 8.27. The second-order valence-corrected chi connectivity index (χ2v) is 4.03. The standard InChI is InChI=1S/C10H16F3N/c1-7-5-6-8(14)3-2-4-9(7)10(11,12)13/h6-7,9H,2-5,14H2,1H3/b8-6+/t7?,9-/m0/s1. The van der Waals surface area contributed by atoms with E-state index < -0.39 is 12.1 Å². The molecule has 0 saturated heterocycles. The lowest BCUT2D eigenvalue weighted by atomic mass is 9.84.